The molecule has 0 spiro atoms. The Kier molecular flexibility index (Phi) is 2.83. The van der Waals surface area contributed by atoms with Gasteiger partial charge in [0.25, 0.3) is 0 Å². The van der Waals surface area contributed by atoms with Gasteiger partial charge in [0.05, 0.1) is 12.4 Å². The number of hydrogen-bond acceptors (Lipinski definition) is 3. The van der Waals surface area contributed by atoms with Gasteiger partial charge in [-0.05, 0) is 13.8 Å². The molecular weight excluding hydrogens is 138 g/mol. The van der Waals surface area contributed by atoms with Crippen LogP contribution in [-0.4, -0.2) is 23.1 Å². The van der Waals surface area contributed by atoms with E-state index in [2.05, 4.69) is 34.9 Å². The van der Waals surface area contributed by atoms with Crippen LogP contribution < -0.4 is 4.90 Å². The fourth-order valence-electron chi connectivity index (χ4n) is 0.961. The summed E-state index contributed by atoms with van der Waals surface area (Å²) in [5, 5.41) is 0. The van der Waals surface area contributed by atoms with E-state index in [-0.39, 0.29) is 0 Å². The number of aromatic nitrogens is 2. The summed E-state index contributed by atoms with van der Waals surface area (Å²) in [6.45, 7) is 6.11. The molecular formula is C8H12N3. The summed E-state index contributed by atoms with van der Waals surface area (Å²) in [7, 11) is 0. The quantitative estimate of drug-likeness (QED) is 0.646. The molecule has 0 aliphatic heterocycles. The molecule has 0 saturated heterocycles. The number of nitrogens with zero attached hydrogens (tertiary/aromatic N) is 3. The molecule has 1 aromatic rings. The molecule has 0 fully saturated rings. The van der Waals surface area contributed by atoms with Gasteiger partial charge in [0.1, 0.15) is 12.0 Å². The second-order valence-corrected chi connectivity index (χ2v) is 2.18. The van der Waals surface area contributed by atoms with Crippen LogP contribution in [0.15, 0.2) is 12.4 Å². The molecule has 59 valence electrons. The van der Waals surface area contributed by atoms with Crippen molar-refractivity contribution in [1.82, 2.24) is 9.97 Å². The fraction of sp³-hybridized carbons (Fsp3) is 0.500. The van der Waals surface area contributed by atoms with Crippen molar-refractivity contribution in [3.8, 4) is 0 Å². The van der Waals surface area contributed by atoms with Crippen LogP contribution in [0.2, 0.25) is 0 Å². The van der Waals surface area contributed by atoms with E-state index in [0.29, 0.717) is 0 Å². The molecule has 0 atom stereocenters. The SMILES string of the molecule is CCN(CC)c1cnc[c]n1. The maximum absolute atomic E-state index is 4.06. The van der Waals surface area contributed by atoms with Gasteiger partial charge in [-0.1, -0.05) is 0 Å². The zero-order valence-corrected chi connectivity index (χ0v) is 6.91. The minimum absolute atomic E-state index is 0.900. The predicted octanol–water partition coefficient (Wildman–Crippen LogP) is 1.12. The summed E-state index contributed by atoms with van der Waals surface area (Å²) in [5.41, 5.74) is 0. The van der Waals surface area contributed by atoms with Gasteiger partial charge in [0.2, 0.25) is 0 Å². The summed E-state index contributed by atoms with van der Waals surface area (Å²) >= 11 is 0. The van der Waals surface area contributed by atoms with Gasteiger partial charge >= 0.3 is 0 Å². The van der Waals surface area contributed by atoms with Crippen LogP contribution >= 0.6 is 0 Å². The van der Waals surface area contributed by atoms with E-state index in [1.54, 1.807) is 12.4 Å². The third-order valence-corrected chi connectivity index (χ3v) is 1.59. The van der Waals surface area contributed by atoms with Crippen molar-refractivity contribution in [2.24, 2.45) is 0 Å². The van der Waals surface area contributed by atoms with Crippen molar-refractivity contribution >= 4 is 5.82 Å². The lowest BCUT2D eigenvalue weighted by Gasteiger charge is -2.18. The van der Waals surface area contributed by atoms with Gasteiger partial charge in [0.15, 0.2) is 0 Å². The van der Waals surface area contributed by atoms with Gasteiger partial charge in [-0.25, -0.2) is 4.98 Å². The molecule has 3 nitrogen and oxygen atoms in total. The van der Waals surface area contributed by atoms with E-state index in [9.17, 15) is 0 Å². The van der Waals surface area contributed by atoms with Crippen LogP contribution in [0.4, 0.5) is 5.82 Å². The molecule has 1 heterocycles. The fourth-order valence-corrected chi connectivity index (χ4v) is 0.961. The first-order valence-corrected chi connectivity index (χ1v) is 3.81. The topological polar surface area (TPSA) is 29.0 Å². The van der Waals surface area contributed by atoms with Crippen LogP contribution in [0, 0.1) is 6.20 Å². The summed E-state index contributed by atoms with van der Waals surface area (Å²) < 4.78 is 0. The smallest absolute Gasteiger partial charge is 0.147 e. The van der Waals surface area contributed by atoms with Crippen molar-refractivity contribution in [2.75, 3.05) is 18.0 Å². The third kappa shape index (κ3) is 1.90. The Labute approximate surface area is 67.1 Å². The lowest BCUT2D eigenvalue weighted by atomic mass is 10.5. The molecule has 0 N–H and O–H groups in total. The first kappa shape index (κ1) is 7.98. The normalized spacial score (nSPS) is 9.64. The first-order valence-electron chi connectivity index (χ1n) is 3.81. The van der Waals surface area contributed by atoms with E-state index in [1.807, 2.05) is 0 Å². The minimum Gasteiger partial charge on any atom is -0.356 e. The van der Waals surface area contributed by atoms with Crippen molar-refractivity contribution in [3.63, 3.8) is 0 Å². The highest BCUT2D eigenvalue weighted by molar-refractivity contribution is 5.33. The standard InChI is InChI=1S/C8H12N3/c1-3-11(4-2)8-7-9-5-6-10-8/h5,7H,3-4H2,1-2H3. The molecule has 0 amide bonds. The summed E-state index contributed by atoms with van der Waals surface area (Å²) in [6, 6.07) is 0. The average Bonchev–Trinajstić information content (AvgIpc) is 2.09. The molecule has 0 aliphatic carbocycles. The third-order valence-electron chi connectivity index (χ3n) is 1.59. The lowest BCUT2D eigenvalue weighted by molar-refractivity contribution is 0.839. The summed E-state index contributed by atoms with van der Waals surface area (Å²) in [4.78, 5) is 10.1. The molecule has 3 heteroatoms. The van der Waals surface area contributed by atoms with E-state index < -0.39 is 0 Å². The van der Waals surface area contributed by atoms with Crippen LogP contribution in [0.1, 0.15) is 13.8 Å². The molecule has 11 heavy (non-hydrogen) atoms. The van der Waals surface area contributed by atoms with E-state index >= 15 is 0 Å². The number of hydrogen-bond donors (Lipinski definition) is 0. The molecule has 0 bridgehead atoms. The minimum atomic E-state index is 0.900. The van der Waals surface area contributed by atoms with Gasteiger partial charge in [-0.15, -0.1) is 0 Å². The van der Waals surface area contributed by atoms with Gasteiger partial charge in [0, 0.05) is 13.1 Å². The van der Waals surface area contributed by atoms with Crippen molar-refractivity contribution in [1.29, 1.82) is 0 Å². The van der Waals surface area contributed by atoms with Gasteiger partial charge in [-0.2, -0.15) is 0 Å². The zero-order chi connectivity index (χ0) is 8.10. The van der Waals surface area contributed by atoms with Crippen LogP contribution in [0.25, 0.3) is 0 Å². The lowest BCUT2D eigenvalue weighted by Crippen LogP contribution is -2.22. The Morgan fingerprint density at radius 2 is 2.18 bits per heavy atom. The van der Waals surface area contributed by atoms with E-state index in [1.165, 1.54) is 0 Å². The second-order valence-electron chi connectivity index (χ2n) is 2.18. The van der Waals surface area contributed by atoms with Crippen molar-refractivity contribution in [3.05, 3.63) is 18.6 Å². The summed E-state index contributed by atoms with van der Waals surface area (Å²) in [5.74, 6) is 0.900. The molecule has 0 aromatic carbocycles. The highest BCUT2D eigenvalue weighted by Crippen LogP contribution is 2.04. The van der Waals surface area contributed by atoms with Crippen molar-refractivity contribution in [2.45, 2.75) is 13.8 Å². The molecule has 0 aliphatic rings. The maximum Gasteiger partial charge on any atom is 0.147 e. The van der Waals surface area contributed by atoms with E-state index in [4.69, 9.17) is 0 Å². The molecule has 0 unspecified atom stereocenters. The maximum atomic E-state index is 4.06. The highest BCUT2D eigenvalue weighted by atomic mass is 15.2. The van der Waals surface area contributed by atoms with Gasteiger partial charge < -0.3 is 4.90 Å². The Morgan fingerprint density at radius 3 is 2.64 bits per heavy atom. The highest BCUT2D eigenvalue weighted by Gasteiger charge is 2.00. The van der Waals surface area contributed by atoms with Crippen molar-refractivity contribution < 1.29 is 0 Å². The Morgan fingerprint density at radius 1 is 1.45 bits per heavy atom. The largest absolute Gasteiger partial charge is 0.356 e. The van der Waals surface area contributed by atoms with Crippen LogP contribution in [-0.2, 0) is 0 Å². The molecule has 1 radical (unpaired) electrons. The first-order chi connectivity index (χ1) is 5.38. The Balaban J connectivity index is 2.74. The molecule has 0 saturated carbocycles. The zero-order valence-electron chi connectivity index (χ0n) is 6.91. The average molecular weight is 150 g/mol. The van der Waals surface area contributed by atoms with Crippen LogP contribution in [0.3, 0.4) is 0 Å². The predicted molar refractivity (Wildman–Crippen MR) is 44.4 cm³/mol. The van der Waals surface area contributed by atoms with Crippen LogP contribution in [0.5, 0.6) is 0 Å². The Bertz CT molecular complexity index is 194. The van der Waals surface area contributed by atoms with Gasteiger partial charge in [-0.3, -0.25) is 4.98 Å². The summed E-state index contributed by atoms with van der Waals surface area (Å²) in [6.07, 6.45) is 6.02. The Hall–Kier alpha value is -1.12. The number of anilines is 1. The number of rotatable bonds is 3. The monoisotopic (exact) mass is 150 g/mol. The molecule has 1 aromatic heterocycles. The van der Waals surface area contributed by atoms with E-state index in [0.717, 1.165) is 18.9 Å². The molecule has 1 rings (SSSR count). The second kappa shape index (κ2) is 3.91.